The van der Waals surface area contributed by atoms with Gasteiger partial charge in [-0.05, 0) is 47.3 Å². The minimum atomic E-state index is -3.48. The lowest BCUT2D eigenvalue weighted by atomic mass is 10.3. The van der Waals surface area contributed by atoms with Crippen LogP contribution in [0.1, 0.15) is 19.4 Å². The molecule has 1 aliphatic rings. The predicted octanol–water partition coefficient (Wildman–Crippen LogP) is 3.34. The molecule has 2 aromatic heterocycles. The van der Waals surface area contributed by atoms with Gasteiger partial charge in [0.15, 0.2) is 0 Å². The van der Waals surface area contributed by atoms with Crippen LogP contribution in [0.15, 0.2) is 26.9 Å². The quantitative estimate of drug-likeness (QED) is 0.723. The van der Waals surface area contributed by atoms with Crippen molar-refractivity contribution in [3.05, 3.63) is 36.6 Å². The molecule has 0 spiro atoms. The summed E-state index contributed by atoms with van der Waals surface area (Å²) in [6.07, 6.45) is 0. The summed E-state index contributed by atoms with van der Waals surface area (Å²) in [5.41, 5.74) is 0. The van der Waals surface area contributed by atoms with Crippen molar-refractivity contribution >= 4 is 54.5 Å². The summed E-state index contributed by atoms with van der Waals surface area (Å²) in [6.45, 7) is 5.21. The third-order valence-electron chi connectivity index (χ3n) is 3.95. The van der Waals surface area contributed by atoms with E-state index in [1.54, 1.807) is 11.0 Å². The highest BCUT2D eigenvalue weighted by molar-refractivity contribution is 9.10. The third-order valence-corrected chi connectivity index (χ3v) is 8.90. The van der Waals surface area contributed by atoms with Crippen LogP contribution in [0.3, 0.4) is 0 Å². The van der Waals surface area contributed by atoms with E-state index in [1.165, 1.54) is 27.0 Å². The SMILES string of the molecule is Cc1cc(S(=O)(=O)N2CCN(C(=O)c3sccc3Br)CC2)c(C)s1. The van der Waals surface area contributed by atoms with E-state index in [4.69, 9.17) is 0 Å². The van der Waals surface area contributed by atoms with E-state index in [1.807, 2.05) is 25.3 Å². The van der Waals surface area contributed by atoms with E-state index in [2.05, 4.69) is 15.9 Å². The average Bonchev–Trinajstić information content (AvgIpc) is 3.12. The second-order valence-electron chi connectivity index (χ2n) is 5.57. The van der Waals surface area contributed by atoms with Crippen LogP contribution in [-0.2, 0) is 10.0 Å². The first-order chi connectivity index (χ1) is 11.3. The van der Waals surface area contributed by atoms with E-state index in [-0.39, 0.29) is 5.91 Å². The maximum atomic E-state index is 12.8. The minimum absolute atomic E-state index is 0.0449. The molecule has 24 heavy (non-hydrogen) atoms. The Bertz CT molecular complexity index is 864. The lowest BCUT2D eigenvalue weighted by Crippen LogP contribution is -2.50. The summed E-state index contributed by atoms with van der Waals surface area (Å²) in [4.78, 5) is 17.1. The monoisotopic (exact) mass is 448 g/mol. The lowest BCUT2D eigenvalue weighted by Gasteiger charge is -2.33. The van der Waals surface area contributed by atoms with E-state index < -0.39 is 10.0 Å². The standard InChI is InChI=1S/C15H17BrN2O3S3/c1-10-9-13(11(2)23-10)24(20,21)18-6-4-17(5-7-18)15(19)14-12(16)3-8-22-14/h3,8-9H,4-7H2,1-2H3. The molecular formula is C15H17BrN2O3S3. The fraction of sp³-hybridized carbons (Fsp3) is 0.400. The molecule has 9 heteroatoms. The predicted molar refractivity (Wildman–Crippen MR) is 100 cm³/mol. The van der Waals surface area contributed by atoms with Crippen molar-refractivity contribution in [3.8, 4) is 0 Å². The van der Waals surface area contributed by atoms with E-state index in [0.717, 1.165) is 14.2 Å². The van der Waals surface area contributed by atoms with Crippen molar-refractivity contribution in [1.82, 2.24) is 9.21 Å². The summed E-state index contributed by atoms with van der Waals surface area (Å²) in [5.74, 6) is -0.0449. The number of nitrogens with zero attached hydrogens (tertiary/aromatic N) is 2. The van der Waals surface area contributed by atoms with E-state index in [0.29, 0.717) is 36.0 Å². The van der Waals surface area contributed by atoms with Gasteiger partial charge in [-0.25, -0.2) is 8.42 Å². The van der Waals surface area contributed by atoms with Crippen molar-refractivity contribution in [3.63, 3.8) is 0 Å². The average molecular weight is 449 g/mol. The molecule has 0 aliphatic carbocycles. The Kier molecular flexibility index (Phi) is 5.17. The molecule has 1 fully saturated rings. The Hall–Kier alpha value is -0.740. The summed E-state index contributed by atoms with van der Waals surface area (Å²) in [6, 6.07) is 3.58. The number of hydrogen-bond acceptors (Lipinski definition) is 5. The van der Waals surface area contributed by atoms with E-state index >= 15 is 0 Å². The van der Waals surface area contributed by atoms with Crippen molar-refractivity contribution in [2.45, 2.75) is 18.7 Å². The number of piperazine rings is 1. The third kappa shape index (κ3) is 3.32. The zero-order valence-corrected chi connectivity index (χ0v) is 17.3. The van der Waals surface area contributed by atoms with Gasteiger partial charge in [-0.3, -0.25) is 4.79 Å². The first-order valence-electron chi connectivity index (χ1n) is 7.40. The maximum Gasteiger partial charge on any atom is 0.265 e. The lowest BCUT2D eigenvalue weighted by molar-refractivity contribution is 0.0702. The largest absolute Gasteiger partial charge is 0.335 e. The maximum absolute atomic E-state index is 12.8. The highest BCUT2D eigenvalue weighted by Crippen LogP contribution is 2.29. The molecule has 3 rings (SSSR count). The molecule has 130 valence electrons. The Labute approximate surface area is 158 Å². The molecular weight excluding hydrogens is 432 g/mol. The summed E-state index contributed by atoms with van der Waals surface area (Å²) < 4.78 is 27.9. The molecule has 1 amide bonds. The number of carbonyl (C=O) groups is 1. The van der Waals surface area contributed by atoms with Crippen molar-refractivity contribution in [2.75, 3.05) is 26.2 Å². The summed E-state index contributed by atoms with van der Waals surface area (Å²) in [5, 5.41) is 1.86. The van der Waals surface area contributed by atoms with Gasteiger partial charge < -0.3 is 4.90 Å². The Balaban J connectivity index is 1.72. The van der Waals surface area contributed by atoms with Gasteiger partial charge in [-0.2, -0.15) is 4.31 Å². The van der Waals surface area contributed by atoms with Crippen LogP contribution in [0, 0.1) is 13.8 Å². The zero-order chi connectivity index (χ0) is 17.5. The molecule has 0 saturated carbocycles. The Morgan fingerprint density at radius 3 is 2.38 bits per heavy atom. The molecule has 0 N–H and O–H groups in total. The molecule has 2 aromatic rings. The minimum Gasteiger partial charge on any atom is -0.335 e. The van der Waals surface area contributed by atoms with Gasteiger partial charge in [0.05, 0.1) is 4.90 Å². The molecule has 0 radical (unpaired) electrons. The van der Waals surface area contributed by atoms with Crippen molar-refractivity contribution in [2.24, 2.45) is 0 Å². The second kappa shape index (κ2) is 6.87. The highest BCUT2D eigenvalue weighted by atomic mass is 79.9. The molecule has 1 saturated heterocycles. The van der Waals surface area contributed by atoms with Gasteiger partial charge in [0, 0.05) is 40.4 Å². The molecule has 0 aromatic carbocycles. The van der Waals surface area contributed by atoms with Crippen LogP contribution < -0.4 is 0 Å². The fourth-order valence-electron chi connectivity index (χ4n) is 2.72. The van der Waals surface area contributed by atoms with Crippen LogP contribution in [0.4, 0.5) is 0 Å². The van der Waals surface area contributed by atoms with Crippen LogP contribution >= 0.6 is 38.6 Å². The fourth-order valence-corrected chi connectivity index (χ4v) is 7.18. The normalized spacial score (nSPS) is 16.5. The number of halogens is 1. The Morgan fingerprint density at radius 2 is 1.88 bits per heavy atom. The van der Waals surface area contributed by atoms with Crippen LogP contribution in [0.2, 0.25) is 0 Å². The highest BCUT2D eigenvalue weighted by Gasteiger charge is 2.32. The first kappa shape index (κ1) is 18.1. The van der Waals surface area contributed by atoms with Crippen LogP contribution in [0.25, 0.3) is 0 Å². The molecule has 1 aliphatic heterocycles. The van der Waals surface area contributed by atoms with Gasteiger partial charge in [0.1, 0.15) is 4.88 Å². The van der Waals surface area contributed by atoms with Crippen molar-refractivity contribution < 1.29 is 13.2 Å². The van der Waals surface area contributed by atoms with Crippen LogP contribution in [-0.4, -0.2) is 49.7 Å². The van der Waals surface area contributed by atoms with Gasteiger partial charge in [0.2, 0.25) is 10.0 Å². The van der Waals surface area contributed by atoms with Gasteiger partial charge >= 0.3 is 0 Å². The molecule has 3 heterocycles. The van der Waals surface area contributed by atoms with Crippen molar-refractivity contribution in [1.29, 1.82) is 0 Å². The second-order valence-corrected chi connectivity index (χ2v) is 10.7. The van der Waals surface area contributed by atoms with Gasteiger partial charge in [-0.1, -0.05) is 0 Å². The Morgan fingerprint density at radius 1 is 1.21 bits per heavy atom. The number of carbonyl (C=O) groups excluding carboxylic acids is 1. The number of thiophene rings is 2. The van der Waals surface area contributed by atoms with Gasteiger partial charge in [0.25, 0.3) is 5.91 Å². The number of aryl methyl sites for hydroxylation is 2. The molecule has 0 unspecified atom stereocenters. The number of hydrogen-bond donors (Lipinski definition) is 0. The summed E-state index contributed by atoms with van der Waals surface area (Å²) in [7, 11) is -3.48. The first-order valence-corrected chi connectivity index (χ1v) is 11.3. The summed E-state index contributed by atoms with van der Waals surface area (Å²) >= 11 is 6.26. The molecule has 5 nitrogen and oxygen atoms in total. The number of sulfonamides is 1. The number of amides is 1. The smallest absolute Gasteiger partial charge is 0.265 e. The van der Waals surface area contributed by atoms with E-state index in [9.17, 15) is 13.2 Å². The molecule has 0 atom stereocenters. The van der Waals surface area contributed by atoms with Crippen LogP contribution in [0.5, 0.6) is 0 Å². The topological polar surface area (TPSA) is 57.7 Å². The molecule has 0 bridgehead atoms. The van der Waals surface area contributed by atoms with Gasteiger partial charge in [-0.15, -0.1) is 22.7 Å². The zero-order valence-electron chi connectivity index (χ0n) is 13.3. The number of rotatable bonds is 3.